The molecule has 6 heteroatoms. The second kappa shape index (κ2) is 5.04. The van der Waals surface area contributed by atoms with Gasteiger partial charge in [-0.05, 0) is 6.08 Å². The molecule has 0 aliphatic heterocycles. The number of amides is 2. The molecule has 2 amide bonds. The van der Waals surface area contributed by atoms with Crippen LogP contribution in [0.15, 0.2) is 31.1 Å². The predicted octanol–water partition coefficient (Wildman–Crippen LogP) is 1.36. The molecule has 68 valence electrons. The fraction of sp³-hybridized carbons (Fsp3) is 0. The van der Waals surface area contributed by atoms with E-state index in [1.165, 1.54) is 12.4 Å². The van der Waals surface area contributed by atoms with Crippen LogP contribution in [-0.4, -0.2) is 15.6 Å². The molecule has 0 radical (unpaired) electrons. The average Bonchev–Trinajstić information content (AvgIpc) is 2.57. The summed E-state index contributed by atoms with van der Waals surface area (Å²) in [7, 11) is 0. The van der Waals surface area contributed by atoms with Crippen molar-refractivity contribution in [1.82, 2.24) is 14.9 Å². The van der Waals surface area contributed by atoms with Crippen molar-refractivity contribution in [2.24, 2.45) is 0 Å². The van der Waals surface area contributed by atoms with E-state index < -0.39 is 0 Å². The molecule has 0 fully saturated rings. The van der Waals surface area contributed by atoms with Crippen molar-refractivity contribution in [1.29, 1.82) is 0 Å². The molecular weight excluding hydrogens is 188 g/mol. The molecule has 0 bridgehead atoms. The number of anilines is 1. The van der Waals surface area contributed by atoms with Crippen LogP contribution in [0.25, 0.3) is 0 Å². The maximum atomic E-state index is 11.0. The van der Waals surface area contributed by atoms with Crippen molar-refractivity contribution >= 4 is 22.6 Å². The molecule has 1 heterocycles. The summed E-state index contributed by atoms with van der Waals surface area (Å²) < 4.78 is 3.59. The van der Waals surface area contributed by atoms with Crippen molar-refractivity contribution < 1.29 is 4.79 Å². The molecule has 2 N–H and O–H groups in total. The van der Waals surface area contributed by atoms with Crippen LogP contribution < -0.4 is 10.6 Å². The lowest BCUT2D eigenvalue weighted by molar-refractivity contribution is 0.255. The summed E-state index contributed by atoms with van der Waals surface area (Å²) in [5, 5.41) is 9.17. The molecule has 13 heavy (non-hydrogen) atoms. The van der Waals surface area contributed by atoms with Gasteiger partial charge in [-0.25, -0.2) is 4.79 Å². The van der Waals surface area contributed by atoms with E-state index in [4.69, 9.17) is 0 Å². The van der Waals surface area contributed by atoms with Crippen LogP contribution in [0.2, 0.25) is 0 Å². The highest BCUT2D eigenvalue weighted by molar-refractivity contribution is 7.10. The zero-order valence-corrected chi connectivity index (χ0v) is 7.54. The molecule has 1 aromatic rings. The van der Waals surface area contributed by atoms with Crippen molar-refractivity contribution in [2.45, 2.75) is 0 Å². The van der Waals surface area contributed by atoms with Crippen LogP contribution in [0.4, 0.5) is 9.80 Å². The molecule has 0 saturated heterocycles. The van der Waals surface area contributed by atoms with E-state index in [1.807, 2.05) is 0 Å². The van der Waals surface area contributed by atoms with E-state index in [9.17, 15) is 4.79 Å². The largest absolute Gasteiger partial charge is 0.323 e. The van der Waals surface area contributed by atoms with E-state index in [-0.39, 0.29) is 6.03 Å². The lowest BCUT2D eigenvalue weighted by Crippen LogP contribution is -2.23. The minimum Gasteiger partial charge on any atom is -0.314 e. The van der Waals surface area contributed by atoms with Gasteiger partial charge in [0, 0.05) is 17.7 Å². The maximum absolute atomic E-state index is 11.0. The summed E-state index contributed by atoms with van der Waals surface area (Å²) in [5.41, 5.74) is 0. The Morgan fingerprint density at radius 3 is 3.15 bits per heavy atom. The Labute approximate surface area is 79.3 Å². The molecule has 0 saturated carbocycles. The monoisotopic (exact) mass is 196 g/mol. The highest BCUT2D eigenvalue weighted by Crippen LogP contribution is 2.07. The first kappa shape index (κ1) is 9.40. The lowest BCUT2D eigenvalue weighted by Gasteiger charge is -1.98. The predicted molar refractivity (Wildman–Crippen MR) is 51.4 cm³/mol. The maximum Gasteiger partial charge on any atom is 0.323 e. The summed E-state index contributed by atoms with van der Waals surface area (Å²) in [5.74, 6) is 0. The molecule has 0 spiro atoms. The molecule has 0 aromatic carbocycles. The first-order chi connectivity index (χ1) is 6.33. The van der Waals surface area contributed by atoms with E-state index >= 15 is 0 Å². The van der Waals surface area contributed by atoms with Gasteiger partial charge in [0.1, 0.15) is 5.00 Å². The number of hydrogen-bond acceptors (Lipinski definition) is 4. The van der Waals surface area contributed by atoms with Gasteiger partial charge in [0.25, 0.3) is 0 Å². The number of rotatable bonds is 3. The molecule has 0 aliphatic rings. The molecule has 5 nitrogen and oxygen atoms in total. The van der Waals surface area contributed by atoms with Crippen LogP contribution in [-0.2, 0) is 0 Å². The third-order valence-corrected chi connectivity index (χ3v) is 1.62. The Morgan fingerprint density at radius 2 is 2.54 bits per heavy atom. The topological polar surface area (TPSA) is 66.9 Å². The highest BCUT2D eigenvalue weighted by atomic mass is 32.1. The van der Waals surface area contributed by atoms with Gasteiger partial charge < -0.3 is 5.32 Å². The van der Waals surface area contributed by atoms with Crippen molar-refractivity contribution in [3.63, 3.8) is 0 Å². The second-order valence-corrected chi connectivity index (χ2v) is 2.76. The fourth-order valence-corrected chi connectivity index (χ4v) is 0.977. The Balaban J connectivity index is 2.34. The first-order valence-corrected chi connectivity index (χ1v) is 4.22. The second-order valence-electron chi connectivity index (χ2n) is 1.98. The third kappa shape index (κ3) is 3.48. The summed E-state index contributed by atoms with van der Waals surface area (Å²) in [4.78, 5) is 11.0. The molecule has 0 atom stereocenters. The van der Waals surface area contributed by atoms with Crippen LogP contribution >= 0.6 is 11.5 Å². The standard InChI is InChI=1S/C7H8N4OS/c1-2-3-4-8-7(12)10-6-5-9-11-13-6/h2-5H,1H2,(H2,8,10,12)/b4-3-. The Kier molecular flexibility index (Phi) is 3.65. The number of carbonyl (C=O) groups excluding carboxylic acids is 1. The van der Waals surface area contributed by atoms with Crippen molar-refractivity contribution in [2.75, 3.05) is 5.32 Å². The molecule has 1 rings (SSSR count). The van der Waals surface area contributed by atoms with Gasteiger partial charge in [-0.3, -0.25) is 5.32 Å². The minimum absolute atomic E-state index is 0.329. The van der Waals surface area contributed by atoms with Crippen LogP contribution in [0.3, 0.4) is 0 Å². The Hall–Kier alpha value is -1.69. The van der Waals surface area contributed by atoms with E-state index in [0.717, 1.165) is 11.5 Å². The van der Waals surface area contributed by atoms with Gasteiger partial charge in [-0.15, -0.1) is 5.10 Å². The number of nitrogens with zero attached hydrogens (tertiary/aromatic N) is 2. The normalized spacial score (nSPS) is 9.85. The number of carbonyl (C=O) groups is 1. The van der Waals surface area contributed by atoms with Gasteiger partial charge in [0.2, 0.25) is 0 Å². The zero-order chi connectivity index (χ0) is 9.52. The SMILES string of the molecule is C=C/C=C\NC(=O)Nc1cnns1. The molecule has 0 unspecified atom stereocenters. The zero-order valence-electron chi connectivity index (χ0n) is 6.73. The average molecular weight is 196 g/mol. The Bertz CT molecular complexity index is 306. The molecular formula is C7H8N4OS. The van der Waals surface area contributed by atoms with E-state index in [2.05, 4.69) is 26.8 Å². The summed E-state index contributed by atoms with van der Waals surface area (Å²) in [6.07, 6.45) is 6.14. The number of allylic oxidation sites excluding steroid dienone is 2. The number of nitrogens with one attached hydrogen (secondary N) is 2. The van der Waals surface area contributed by atoms with Crippen LogP contribution in [0, 0.1) is 0 Å². The summed E-state index contributed by atoms with van der Waals surface area (Å²) in [6.45, 7) is 3.46. The lowest BCUT2D eigenvalue weighted by atomic mass is 10.6. The fourth-order valence-electron chi connectivity index (χ4n) is 0.562. The van der Waals surface area contributed by atoms with Crippen molar-refractivity contribution in [3.05, 3.63) is 31.1 Å². The van der Waals surface area contributed by atoms with Crippen molar-refractivity contribution in [3.8, 4) is 0 Å². The number of aromatic nitrogens is 2. The van der Waals surface area contributed by atoms with Gasteiger partial charge >= 0.3 is 6.03 Å². The first-order valence-electron chi connectivity index (χ1n) is 3.45. The van der Waals surface area contributed by atoms with E-state index in [1.54, 1.807) is 12.2 Å². The minimum atomic E-state index is -0.329. The summed E-state index contributed by atoms with van der Waals surface area (Å²) >= 11 is 1.11. The van der Waals surface area contributed by atoms with Crippen LogP contribution in [0.5, 0.6) is 0 Å². The van der Waals surface area contributed by atoms with Crippen LogP contribution in [0.1, 0.15) is 0 Å². The Morgan fingerprint density at radius 1 is 1.69 bits per heavy atom. The van der Waals surface area contributed by atoms with E-state index in [0.29, 0.717) is 5.00 Å². The smallest absolute Gasteiger partial charge is 0.314 e. The summed E-state index contributed by atoms with van der Waals surface area (Å²) in [6, 6.07) is -0.329. The molecule has 0 aliphatic carbocycles. The third-order valence-electron chi connectivity index (χ3n) is 1.04. The van der Waals surface area contributed by atoms with Gasteiger partial charge in [0.05, 0.1) is 6.20 Å². The molecule has 1 aromatic heterocycles. The quantitative estimate of drug-likeness (QED) is 0.717. The van der Waals surface area contributed by atoms with Gasteiger partial charge in [-0.1, -0.05) is 17.1 Å². The highest BCUT2D eigenvalue weighted by Gasteiger charge is 1.99. The number of urea groups is 1. The number of hydrogen-bond donors (Lipinski definition) is 2. The van der Waals surface area contributed by atoms with Gasteiger partial charge in [-0.2, -0.15) is 0 Å². The van der Waals surface area contributed by atoms with Gasteiger partial charge in [0.15, 0.2) is 0 Å².